The van der Waals surface area contributed by atoms with Crippen molar-refractivity contribution >= 4 is 10.8 Å². The predicted octanol–water partition coefficient (Wildman–Crippen LogP) is 5.67. The Hall–Kier alpha value is -4.34. The Kier molecular flexibility index (Phi) is 6.30. The molecule has 0 aliphatic rings. The van der Waals surface area contributed by atoms with Crippen molar-refractivity contribution < 1.29 is 14.2 Å². The minimum absolute atomic E-state index is 0.548. The first-order chi connectivity index (χ1) is 15.7. The molecule has 32 heavy (non-hydrogen) atoms. The molecule has 0 atom stereocenters. The highest BCUT2D eigenvalue weighted by Crippen LogP contribution is 2.37. The summed E-state index contributed by atoms with van der Waals surface area (Å²) in [5.41, 5.74) is 3.55. The van der Waals surface area contributed by atoms with Gasteiger partial charge in [0, 0.05) is 22.3 Å². The third-order valence-corrected chi connectivity index (χ3v) is 4.98. The zero-order chi connectivity index (χ0) is 22.3. The van der Waals surface area contributed by atoms with Crippen molar-refractivity contribution in [2.24, 2.45) is 0 Å². The number of hydrogen-bond acceptors (Lipinski definition) is 3. The Morgan fingerprint density at radius 3 is 1.62 bits per heavy atom. The van der Waals surface area contributed by atoms with Gasteiger partial charge in [0.25, 0.3) is 0 Å². The zero-order valence-corrected chi connectivity index (χ0v) is 18.2. The Balaban J connectivity index is 1.60. The van der Waals surface area contributed by atoms with Gasteiger partial charge in [-0.05, 0) is 53.2 Å². The lowest BCUT2D eigenvalue weighted by atomic mass is 10.1. The molecule has 0 N–H and O–H groups in total. The van der Waals surface area contributed by atoms with E-state index in [4.69, 9.17) is 14.2 Å². The van der Waals surface area contributed by atoms with Crippen LogP contribution in [0.2, 0.25) is 0 Å². The van der Waals surface area contributed by atoms with Crippen molar-refractivity contribution in [1.29, 1.82) is 0 Å². The highest BCUT2D eigenvalue weighted by molar-refractivity contribution is 5.83. The maximum atomic E-state index is 5.40. The third-order valence-electron chi connectivity index (χ3n) is 4.98. The van der Waals surface area contributed by atoms with Crippen molar-refractivity contribution in [1.82, 2.24) is 0 Å². The summed E-state index contributed by atoms with van der Waals surface area (Å²) in [4.78, 5) is 0. The van der Waals surface area contributed by atoms with E-state index in [0.29, 0.717) is 17.2 Å². The van der Waals surface area contributed by atoms with Crippen LogP contribution in [0.5, 0.6) is 17.2 Å². The van der Waals surface area contributed by atoms with Gasteiger partial charge in [0.05, 0.1) is 21.3 Å². The fourth-order valence-corrected chi connectivity index (χ4v) is 3.38. The molecule has 0 aliphatic heterocycles. The molecule has 0 saturated heterocycles. The summed E-state index contributed by atoms with van der Waals surface area (Å²) >= 11 is 0. The Morgan fingerprint density at radius 1 is 0.469 bits per heavy atom. The summed E-state index contributed by atoms with van der Waals surface area (Å²) in [5, 5.41) is 2.39. The van der Waals surface area contributed by atoms with E-state index in [9.17, 15) is 0 Å². The van der Waals surface area contributed by atoms with Gasteiger partial charge in [-0.15, -0.1) is 0 Å². The summed E-state index contributed by atoms with van der Waals surface area (Å²) < 4.78 is 16.2. The van der Waals surface area contributed by atoms with Crippen LogP contribution in [0, 0.1) is 23.7 Å². The van der Waals surface area contributed by atoms with E-state index < -0.39 is 0 Å². The molecule has 0 radical (unpaired) electrons. The van der Waals surface area contributed by atoms with Crippen molar-refractivity contribution in [3.05, 3.63) is 101 Å². The number of rotatable bonds is 3. The minimum atomic E-state index is 0.548. The van der Waals surface area contributed by atoms with Crippen LogP contribution in [0.3, 0.4) is 0 Å². The Bertz CT molecular complexity index is 1370. The second-order valence-electron chi connectivity index (χ2n) is 7.06. The zero-order valence-electron chi connectivity index (χ0n) is 18.2. The molecule has 0 aromatic heterocycles. The SMILES string of the molecule is COc1cc(C#Cc2cccc(C#Cc3ccc4ccccc4c3)c2)cc(OC)c1OC. The van der Waals surface area contributed by atoms with Gasteiger partial charge in [-0.3, -0.25) is 0 Å². The first kappa shape index (κ1) is 20.9. The van der Waals surface area contributed by atoms with Crippen LogP contribution in [-0.2, 0) is 0 Å². The van der Waals surface area contributed by atoms with Gasteiger partial charge in [-0.2, -0.15) is 0 Å². The summed E-state index contributed by atoms with van der Waals surface area (Å²) in [6.07, 6.45) is 0. The van der Waals surface area contributed by atoms with E-state index in [1.807, 2.05) is 54.6 Å². The van der Waals surface area contributed by atoms with Gasteiger partial charge in [-0.1, -0.05) is 60.1 Å². The van der Waals surface area contributed by atoms with Crippen molar-refractivity contribution in [3.63, 3.8) is 0 Å². The lowest BCUT2D eigenvalue weighted by Gasteiger charge is -2.12. The number of benzene rings is 4. The number of methoxy groups -OCH3 is 3. The van der Waals surface area contributed by atoms with Gasteiger partial charge in [-0.25, -0.2) is 0 Å². The number of hydrogen-bond donors (Lipinski definition) is 0. The van der Waals surface area contributed by atoms with E-state index in [1.165, 1.54) is 10.8 Å². The second kappa shape index (κ2) is 9.65. The molecule has 0 unspecified atom stereocenters. The molecule has 3 nitrogen and oxygen atoms in total. The van der Waals surface area contributed by atoms with Gasteiger partial charge in [0.2, 0.25) is 5.75 Å². The van der Waals surface area contributed by atoms with Crippen LogP contribution in [0.1, 0.15) is 22.3 Å². The fourth-order valence-electron chi connectivity index (χ4n) is 3.38. The van der Waals surface area contributed by atoms with Gasteiger partial charge >= 0.3 is 0 Å². The lowest BCUT2D eigenvalue weighted by molar-refractivity contribution is 0.324. The number of ether oxygens (including phenoxy) is 3. The third kappa shape index (κ3) is 4.69. The summed E-state index contributed by atoms with van der Waals surface area (Å²) in [7, 11) is 4.76. The molecule has 4 aromatic rings. The molecule has 0 bridgehead atoms. The van der Waals surface area contributed by atoms with E-state index in [-0.39, 0.29) is 0 Å². The van der Waals surface area contributed by atoms with Crippen molar-refractivity contribution in [3.8, 4) is 40.9 Å². The smallest absolute Gasteiger partial charge is 0.203 e. The number of fused-ring (bicyclic) bond motifs is 1. The average molecular weight is 418 g/mol. The van der Waals surface area contributed by atoms with Gasteiger partial charge < -0.3 is 14.2 Å². The molecule has 3 heteroatoms. The highest BCUT2D eigenvalue weighted by atomic mass is 16.5. The monoisotopic (exact) mass is 418 g/mol. The van der Waals surface area contributed by atoms with E-state index in [2.05, 4.69) is 47.9 Å². The molecule has 0 fully saturated rings. The van der Waals surface area contributed by atoms with Crippen molar-refractivity contribution in [2.75, 3.05) is 21.3 Å². The average Bonchev–Trinajstić information content (AvgIpc) is 2.85. The molecule has 0 spiro atoms. The van der Waals surface area contributed by atoms with E-state index >= 15 is 0 Å². The standard InChI is InChI=1S/C29H22O3/c1-30-27-19-24(20-28(31-2)29(27)32-3)14-13-22-8-6-7-21(17-22)11-12-23-15-16-25-9-4-5-10-26(25)18-23/h4-10,15-20H,1-3H3. The topological polar surface area (TPSA) is 27.7 Å². The second-order valence-corrected chi connectivity index (χ2v) is 7.06. The quantitative estimate of drug-likeness (QED) is 0.402. The van der Waals surface area contributed by atoms with E-state index in [0.717, 1.165) is 22.3 Å². The van der Waals surface area contributed by atoms with Crippen LogP contribution in [0.4, 0.5) is 0 Å². The normalized spacial score (nSPS) is 9.84. The molecular formula is C29H22O3. The fraction of sp³-hybridized carbons (Fsp3) is 0.103. The molecule has 0 heterocycles. The van der Waals surface area contributed by atoms with Crippen LogP contribution in [0.25, 0.3) is 10.8 Å². The van der Waals surface area contributed by atoms with Crippen LogP contribution in [0.15, 0.2) is 78.9 Å². The summed E-state index contributed by atoms with van der Waals surface area (Å²) in [6.45, 7) is 0. The maximum absolute atomic E-state index is 5.40. The molecule has 4 rings (SSSR count). The summed E-state index contributed by atoms with van der Waals surface area (Å²) in [6, 6.07) is 26.1. The van der Waals surface area contributed by atoms with Crippen LogP contribution in [-0.4, -0.2) is 21.3 Å². The van der Waals surface area contributed by atoms with E-state index in [1.54, 1.807) is 21.3 Å². The molecule has 0 amide bonds. The summed E-state index contributed by atoms with van der Waals surface area (Å²) in [5.74, 6) is 14.6. The largest absolute Gasteiger partial charge is 0.493 e. The predicted molar refractivity (Wildman–Crippen MR) is 128 cm³/mol. The molecule has 0 saturated carbocycles. The lowest BCUT2D eigenvalue weighted by Crippen LogP contribution is -1.95. The van der Waals surface area contributed by atoms with Crippen LogP contribution < -0.4 is 14.2 Å². The Morgan fingerprint density at radius 2 is 1.03 bits per heavy atom. The molecular weight excluding hydrogens is 396 g/mol. The van der Waals surface area contributed by atoms with Crippen LogP contribution >= 0.6 is 0 Å². The molecule has 0 aliphatic carbocycles. The van der Waals surface area contributed by atoms with Crippen molar-refractivity contribution in [2.45, 2.75) is 0 Å². The van der Waals surface area contributed by atoms with Gasteiger partial charge in [0.1, 0.15) is 0 Å². The highest BCUT2D eigenvalue weighted by Gasteiger charge is 2.12. The minimum Gasteiger partial charge on any atom is -0.493 e. The molecule has 156 valence electrons. The molecule has 4 aromatic carbocycles. The first-order valence-electron chi connectivity index (χ1n) is 10.1. The van der Waals surface area contributed by atoms with Gasteiger partial charge in [0.15, 0.2) is 11.5 Å². The maximum Gasteiger partial charge on any atom is 0.203 e. The first-order valence-corrected chi connectivity index (χ1v) is 10.1. The Labute approximate surface area is 188 Å².